The van der Waals surface area contributed by atoms with Crippen LogP contribution in [0.15, 0.2) is 16.7 Å². The van der Waals surface area contributed by atoms with E-state index in [0.717, 1.165) is 23.2 Å². The first kappa shape index (κ1) is 14.1. The number of likely N-dealkylation sites (tertiary alicyclic amines) is 1. The van der Waals surface area contributed by atoms with Crippen molar-refractivity contribution in [2.45, 2.75) is 38.8 Å². The van der Waals surface area contributed by atoms with Gasteiger partial charge in [-0.1, -0.05) is 11.6 Å². The molecule has 0 unspecified atom stereocenters. The van der Waals surface area contributed by atoms with Crippen molar-refractivity contribution in [1.29, 1.82) is 0 Å². The number of rotatable bonds is 3. The van der Waals surface area contributed by atoms with E-state index in [1.165, 1.54) is 12.8 Å². The third-order valence-electron chi connectivity index (χ3n) is 3.43. The summed E-state index contributed by atoms with van der Waals surface area (Å²) in [5.41, 5.74) is 1.04. The number of hydrogen-bond donors (Lipinski definition) is 1. The van der Waals surface area contributed by atoms with E-state index in [4.69, 9.17) is 11.6 Å². The van der Waals surface area contributed by atoms with Gasteiger partial charge in [-0.3, -0.25) is 0 Å². The summed E-state index contributed by atoms with van der Waals surface area (Å²) in [6, 6.07) is 3.18. The summed E-state index contributed by atoms with van der Waals surface area (Å²) in [6.45, 7) is 6.84. The fraction of sp³-hybridized carbons (Fsp3) is 0.615. The van der Waals surface area contributed by atoms with Gasteiger partial charge in [0.05, 0.1) is 16.4 Å². The van der Waals surface area contributed by atoms with Crippen LogP contribution in [0, 0.1) is 0 Å². The summed E-state index contributed by atoms with van der Waals surface area (Å²) in [5, 5.41) is 4.04. The first-order valence-electron chi connectivity index (χ1n) is 6.38. The summed E-state index contributed by atoms with van der Waals surface area (Å²) in [5.74, 6) is 0. The van der Waals surface area contributed by atoms with Gasteiger partial charge in [-0.2, -0.15) is 0 Å². The Labute approximate surface area is 122 Å². The molecule has 0 bridgehead atoms. The van der Waals surface area contributed by atoms with E-state index in [9.17, 15) is 0 Å². The molecule has 3 nitrogen and oxygen atoms in total. The predicted molar refractivity (Wildman–Crippen MR) is 80.3 cm³/mol. The van der Waals surface area contributed by atoms with Crippen LogP contribution in [0.2, 0.25) is 5.15 Å². The van der Waals surface area contributed by atoms with E-state index in [-0.39, 0.29) is 0 Å². The third kappa shape index (κ3) is 3.59. The summed E-state index contributed by atoms with van der Waals surface area (Å²) in [6.07, 6.45) is 4.15. The van der Waals surface area contributed by atoms with Crippen LogP contribution < -0.4 is 5.32 Å². The van der Waals surface area contributed by atoms with Gasteiger partial charge in [-0.15, -0.1) is 0 Å². The molecule has 5 heteroatoms. The monoisotopic (exact) mass is 331 g/mol. The molecule has 0 amide bonds. The highest BCUT2D eigenvalue weighted by Gasteiger charge is 2.20. The number of hydrogen-bond acceptors (Lipinski definition) is 3. The topological polar surface area (TPSA) is 28.2 Å². The molecule has 0 atom stereocenters. The van der Waals surface area contributed by atoms with Crippen LogP contribution in [-0.4, -0.2) is 35.1 Å². The summed E-state index contributed by atoms with van der Waals surface area (Å²) in [7, 11) is 0. The molecule has 0 saturated carbocycles. The van der Waals surface area contributed by atoms with Gasteiger partial charge < -0.3 is 10.2 Å². The molecule has 0 radical (unpaired) electrons. The Morgan fingerprint density at radius 3 is 2.67 bits per heavy atom. The zero-order valence-corrected chi connectivity index (χ0v) is 13.1. The van der Waals surface area contributed by atoms with Gasteiger partial charge in [0.2, 0.25) is 0 Å². The first-order chi connectivity index (χ1) is 8.56. The van der Waals surface area contributed by atoms with Crippen molar-refractivity contribution < 1.29 is 0 Å². The first-order valence-corrected chi connectivity index (χ1v) is 7.55. The molecule has 0 aliphatic carbocycles. The maximum atomic E-state index is 5.88. The number of pyridine rings is 1. The van der Waals surface area contributed by atoms with Gasteiger partial charge in [0.15, 0.2) is 0 Å². The molecule has 1 aromatic rings. The average Bonchev–Trinajstić information content (AvgIpc) is 2.34. The largest absolute Gasteiger partial charge is 0.381 e. The zero-order valence-electron chi connectivity index (χ0n) is 10.8. The molecule has 100 valence electrons. The number of aromatic nitrogens is 1. The highest BCUT2D eigenvalue weighted by Crippen LogP contribution is 2.24. The molecule has 0 aromatic carbocycles. The van der Waals surface area contributed by atoms with Crippen molar-refractivity contribution >= 4 is 33.2 Å². The molecule has 1 aromatic heterocycles. The summed E-state index contributed by atoms with van der Waals surface area (Å²) < 4.78 is 0.841. The quantitative estimate of drug-likeness (QED) is 0.854. The summed E-state index contributed by atoms with van der Waals surface area (Å²) >= 11 is 9.28. The lowest BCUT2D eigenvalue weighted by molar-refractivity contribution is 0.177. The van der Waals surface area contributed by atoms with Crippen molar-refractivity contribution in [1.82, 2.24) is 9.88 Å². The van der Waals surface area contributed by atoms with Gasteiger partial charge in [0, 0.05) is 25.2 Å². The molecule has 2 rings (SSSR count). The van der Waals surface area contributed by atoms with Crippen LogP contribution in [0.3, 0.4) is 0 Å². The molecule has 18 heavy (non-hydrogen) atoms. The van der Waals surface area contributed by atoms with E-state index in [0.29, 0.717) is 17.2 Å². The minimum Gasteiger partial charge on any atom is -0.381 e. The van der Waals surface area contributed by atoms with Crippen LogP contribution in [-0.2, 0) is 0 Å². The van der Waals surface area contributed by atoms with E-state index in [2.05, 4.69) is 45.0 Å². The lowest BCUT2D eigenvalue weighted by Gasteiger charge is -2.35. The van der Waals surface area contributed by atoms with Gasteiger partial charge in [0.25, 0.3) is 0 Å². The molecular formula is C13H19BrClN3. The SMILES string of the molecule is CC(C)N1CCC(Nc2cnc(Cl)c(Br)c2)CC1. The molecule has 2 heterocycles. The third-order valence-corrected chi connectivity index (χ3v) is 4.56. The van der Waals surface area contributed by atoms with Crippen LogP contribution >= 0.6 is 27.5 Å². The Hall–Kier alpha value is -0.320. The maximum absolute atomic E-state index is 5.88. The van der Waals surface area contributed by atoms with Crippen molar-refractivity contribution in [3.8, 4) is 0 Å². The smallest absolute Gasteiger partial charge is 0.143 e. The molecule has 0 spiro atoms. The van der Waals surface area contributed by atoms with Crippen molar-refractivity contribution in [3.05, 3.63) is 21.9 Å². The van der Waals surface area contributed by atoms with Crippen LogP contribution in [0.4, 0.5) is 5.69 Å². The van der Waals surface area contributed by atoms with Crippen molar-refractivity contribution in [2.24, 2.45) is 0 Å². The predicted octanol–water partition coefficient (Wildman–Crippen LogP) is 3.78. The van der Waals surface area contributed by atoms with Crippen LogP contribution in [0.5, 0.6) is 0 Å². The number of nitrogens with one attached hydrogen (secondary N) is 1. The fourth-order valence-corrected chi connectivity index (χ4v) is 2.75. The second kappa shape index (κ2) is 6.22. The Morgan fingerprint density at radius 2 is 2.11 bits per heavy atom. The Balaban J connectivity index is 1.89. The lowest BCUT2D eigenvalue weighted by atomic mass is 10.0. The molecule has 1 saturated heterocycles. The second-order valence-electron chi connectivity index (χ2n) is 5.04. The van der Waals surface area contributed by atoms with Gasteiger partial charge >= 0.3 is 0 Å². The lowest BCUT2D eigenvalue weighted by Crippen LogP contribution is -2.42. The van der Waals surface area contributed by atoms with E-state index in [1.54, 1.807) is 6.20 Å². The summed E-state index contributed by atoms with van der Waals surface area (Å²) in [4.78, 5) is 6.66. The van der Waals surface area contributed by atoms with Crippen LogP contribution in [0.25, 0.3) is 0 Å². The fourth-order valence-electron chi connectivity index (χ4n) is 2.30. The highest BCUT2D eigenvalue weighted by atomic mass is 79.9. The zero-order chi connectivity index (χ0) is 13.1. The van der Waals surface area contributed by atoms with Crippen molar-refractivity contribution in [2.75, 3.05) is 18.4 Å². The number of anilines is 1. The minimum atomic E-state index is 0.509. The van der Waals surface area contributed by atoms with Gasteiger partial charge in [-0.25, -0.2) is 4.98 Å². The normalized spacial score (nSPS) is 18.3. The number of halogens is 2. The van der Waals surface area contributed by atoms with Gasteiger partial charge in [0.1, 0.15) is 5.15 Å². The number of nitrogens with zero attached hydrogens (tertiary/aromatic N) is 2. The van der Waals surface area contributed by atoms with Gasteiger partial charge in [-0.05, 0) is 48.7 Å². The Kier molecular flexibility index (Phi) is 4.87. The molecular weight excluding hydrogens is 314 g/mol. The van der Waals surface area contributed by atoms with Crippen molar-refractivity contribution in [3.63, 3.8) is 0 Å². The molecule has 1 N–H and O–H groups in total. The standard InChI is InChI=1S/C13H19BrClN3/c1-9(2)18-5-3-10(4-6-18)17-11-7-12(14)13(15)16-8-11/h7-10,17H,3-6H2,1-2H3. The molecule has 1 fully saturated rings. The average molecular weight is 333 g/mol. The van der Waals surface area contributed by atoms with E-state index >= 15 is 0 Å². The van der Waals surface area contributed by atoms with Crippen LogP contribution in [0.1, 0.15) is 26.7 Å². The second-order valence-corrected chi connectivity index (χ2v) is 6.26. The maximum Gasteiger partial charge on any atom is 0.143 e. The van der Waals surface area contributed by atoms with E-state index < -0.39 is 0 Å². The molecule has 1 aliphatic heterocycles. The molecule has 1 aliphatic rings. The Morgan fingerprint density at radius 1 is 1.44 bits per heavy atom. The minimum absolute atomic E-state index is 0.509. The number of piperidine rings is 1. The van der Waals surface area contributed by atoms with E-state index in [1.807, 2.05) is 6.07 Å². The Bertz CT molecular complexity index is 403. The highest BCUT2D eigenvalue weighted by molar-refractivity contribution is 9.10.